The van der Waals surface area contributed by atoms with E-state index in [2.05, 4.69) is 21.7 Å². The van der Waals surface area contributed by atoms with Gasteiger partial charge in [0, 0.05) is 16.8 Å². The average Bonchev–Trinajstić information content (AvgIpc) is 3.27. The molecule has 0 fully saturated rings. The van der Waals surface area contributed by atoms with E-state index in [1.807, 2.05) is 17.5 Å². The van der Waals surface area contributed by atoms with Gasteiger partial charge < -0.3 is 15.4 Å². The average molecular weight is 441 g/mol. The minimum Gasteiger partial charge on any atom is -0.463 e. The van der Waals surface area contributed by atoms with Crippen LogP contribution >= 0.6 is 23.1 Å². The Balaban J connectivity index is 1.85. The molecule has 0 spiro atoms. The third kappa shape index (κ3) is 4.90. The summed E-state index contributed by atoms with van der Waals surface area (Å²) in [6.07, 6.45) is 1.60. The van der Waals surface area contributed by atoms with Crippen molar-refractivity contribution in [2.45, 2.75) is 19.8 Å². The van der Waals surface area contributed by atoms with E-state index in [-0.39, 0.29) is 18.3 Å². The van der Waals surface area contributed by atoms with Crippen molar-refractivity contribution in [1.82, 2.24) is 10.3 Å². The number of allylic oxidation sites excluding steroid dienone is 2. The first-order valence-corrected chi connectivity index (χ1v) is 11.1. The second-order valence-electron chi connectivity index (χ2n) is 6.24. The first-order chi connectivity index (χ1) is 14.5. The van der Waals surface area contributed by atoms with Crippen LogP contribution in [-0.2, 0) is 14.3 Å². The molecule has 2 aromatic heterocycles. The van der Waals surface area contributed by atoms with E-state index in [1.165, 1.54) is 23.1 Å². The normalized spacial score (nSPS) is 16.0. The number of carbonyl (C=O) groups excluding carboxylic acids is 2. The fourth-order valence-electron chi connectivity index (χ4n) is 3.00. The fraction of sp³-hybridized carbons (Fsp3) is 0.238. The Morgan fingerprint density at radius 1 is 1.37 bits per heavy atom. The highest BCUT2D eigenvalue weighted by atomic mass is 32.2. The Hall–Kier alpha value is -3.09. The predicted octanol–water partition coefficient (Wildman–Crippen LogP) is 3.77. The number of hydrogen-bond acceptors (Lipinski definition) is 8. The zero-order valence-electron chi connectivity index (χ0n) is 16.5. The molecular weight excluding hydrogens is 420 g/mol. The third-order valence-corrected chi connectivity index (χ3v) is 6.20. The maximum atomic E-state index is 12.6. The van der Waals surface area contributed by atoms with E-state index < -0.39 is 11.9 Å². The summed E-state index contributed by atoms with van der Waals surface area (Å²) in [5.74, 6) is -0.673. The number of hydrogen-bond donors (Lipinski definition) is 2. The van der Waals surface area contributed by atoms with E-state index in [0.29, 0.717) is 27.7 Å². The number of dihydropyridines is 1. The van der Waals surface area contributed by atoms with Crippen molar-refractivity contribution in [2.24, 2.45) is 0 Å². The van der Waals surface area contributed by atoms with Crippen molar-refractivity contribution >= 4 is 40.8 Å². The number of nitrogens with zero attached hydrogens (tertiary/aromatic N) is 2. The van der Waals surface area contributed by atoms with E-state index in [9.17, 15) is 14.9 Å². The molecule has 0 bridgehead atoms. The number of esters is 1. The van der Waals surface area contributed by atoms with Gasteiger partial charge in [0.1, 0.15) is 5.82 Å². The van der Waals surface area contributed by atoms with Crippen LogP contribution in [0.4, 0.5) is 5.82 Å². The molecule has 1 aliphatic rings. The molecule has 0 saturated carbocycles. The zero-order valence-corrected chi connectivity index (χ0v) is 18.1. The highest BCUT2D eigenvalue weighted by Gasteiger charge is 2.36. The lowest BCUT2D eigenvalue weighted by atomic mass is 9.87. The monoisotopic (exact) mass is 440 g/mol. The molecule has 1 unspecified atom stereocenters. The van der Waals surface area contributed by atoms with Gasteiger partial charge in [-0.15, -0.1) is 11.3 Å². The first-order valence-electron chi connectivity index (χ1n) is 9.21. The Bertz CT molecular complexity index is 1020. The van der Waals surface area contributed by atoms with Gasteiger partial charge in [-0.25, -0.2) is 9.78 Å². The van der Waals surface area contributed by atoms with Gasteiger partial charge in [0.15, 0.2) is 0 Å². The minimum atomic E-state index is -0.531. The number of ether oxygens (including phenoxy) is 1. The number of nitrogens with one attached hydrogen (secondary N) is 2. The Labute approximate surface area is 182 Å². The van der Waals surface area contributed by atoms with Gasteiger partial charge in [0.05, 0.1) is 40.5 Å². The van der Waals surface area contributed by atoms with Crippen LogP contribution in [0.3, 0.4) is 0 Å². The van der Waals surface area contributed by atoms with Gasteiger partial charge in [-0.2, -0.15) is 5.26 Å². The number of amides is 1. The molecule has 7 nitrogen and oxygen atoms in total. The standard InChI is InChI=1S/C21H20N4O3S2/c1-3-28-21(27)18-13(2)24-20(14(11-22)19(18)15-7-6-10-29-15)30-12-17(26)25-16-8-4-5-9-23-16/h4-10,19,24H,3,12H2,1-2H3,(H,23,25,26). The Morgan fingerprint density at radius 2 is 2.20 bits per heavy atom. The molecule has 154 valence electrons. The molecule has 0 aromatic carbocycles. The fourth-order valence-corrected chi connectivity index (χ4v) is 4.73. The maximum Gasteiger partial charge on any atom is 0.336 e. The second kappa shape index (κ2) is 10.1. The molecule has 2 N–H and O–H groups in total. The van der Waals surface area contributed by atoms with Crippen LogP contribution in [0.5, 0.6) is 0 Å². The number of nitriles is 1. The quantitative estimate of drug-likeness (QED) is 0.632. The highest BCUT2D eigenvalue weighted by Crippen LogP contribution is 2.42. The molecule has 2 aromatic rings. The molecule has 30 heavy (non-hydrogen) atoms. The SMILES string of the molecule is CCOC(=O)C1=C(C)NC(SCC(=O)Nc2ccccn2)=C(C#N)C1c1cccs1. The summed E-state index contributed by atoms with van der Waals surface area (Å²) in [6.45, 7) is 3.76. The van der Waals surface area contributed by atoms with Crippen LogP contribution < -0.4 is 10.6 Å². The van der Waals surface area contributed by atoms with Crippen molar-refractivity contribution in [3.05, 3.63) is 68.7 Å². The van der Waals surface area contributed by atoms with Crippen LogP contribution in [-0.4, -0.2) is 29.2 Å². The van der Waals surface area contributed by atoms with E-state index >= 15 is 0 Å². The molecule has 3 rings (SSSR count). The summed E-state index contributed by atoms with van der Waals surface area (Å²) in [5.41, 5.74) is 1.42. The number of thioether (sulfide) groups is 1. The molecule has 3 heterocycles. The predicted molar refractivity (Wildman–Crippen MR) is 117 cm³/mol. The minimum absolute atomic E-state index is 0.0866. The van der Waals surface area contributed by atoms with Gasteiger partial charge in [-0.05, 0) is 37.4 Å². The highest BCUT2D eigenvalue weighted by molar-refractivity contribution is 8.03. The van der Waals surface area contributed by atoms with Crippen molar-refractivity contribution in [3.8, 4) is 6.07 Å². The molecule has 0 radical (unpaired) electrons. The van der Waals surface area contributed by atoms with Gasteiger partial charge in [0.2, 0.25) is 5.91 Å². The Morgan fingerprint density at radius 3 is 2.83 bits per heavy atom. The summed E-state index contributed by atoms with van der Waals surface area (Å²) in [5, 5.41) is 18.2. The number of thiophene rings is 1. The van der Waals surface area contributed by atoms with Gasteiger partial charge in [-0.1, -0.05) is 23.9 Å². The van der Waals surface area contributed by atoms with E-state index in [0.717, 1.165) is 4.88 Å². The summed E-state index contributed by atoms with van der Waals surface area (Å²) in [7, 11) is 0. The molecule has 1 amide bonds. The Kier molecular flexibility index (Phi) is 7.27. The molecule has 1 atom stereocenters. The van der Waals surface area contributed by atoms with Crippen molar-refractivity contribution in [2.75, 3.05) is 17.7 Å². The largest absolute Gasteiger partial charge is 0.463 e. The topological polar surface area (TPSA) is 104 Å². The van der Waals surface area contributed by atoms with Crippen LogP contribution in [0.25, 0.3) is 0 Å². The number of aromatic nitrogens is 1. The van der Waals surface area contributed by atoms with Crippen LogP contribution in [0, 0.1) is 11.3 Å². The summed E-state index contributed by atoms with van der Waals surface area (Å²) < 4.78 is 5.23. The van der Waals surface area contributed by atoms with Crippen LogP contribution in [0.1, 0.15) is 24.6 Å². The molecule has 1 aliphatic heterocycles. The molecule has 9 heteroatoms. The summed E-state index contributed by atoms with van der Waals surface area (Å²) in [4.78, 5) is 29.9. The summed E-state index contributed by atoms with van der Waals surface area (Å²) in [6, 6.07) is 11.2. The van der Waals surface area contributed by atoms with Crippen LogP contribution in [0.2, 0.25) is 0 Å². The summed E-state index contributed by atoms with van der Waals surface area (Å²) >= 11 is 2.68. The number of rotatable bonds is 7. The second-order valence-corrected chi connectivity index (χ2v) is 8.20. The van der Waals surface area contributed by atoms with E-state index in [4.69, 9.17) is 4.74 Å². The van der Waals surface area contributed by atoms with Gasteiger partial charge in [0.25, 0.3) is 0 Å². The lowest BCUT2D eigenvalue weighted by Gasteiger charge is -2.28. The van der Waals surface area contributed by atoms with Crippen LogP contribution in [0.15, 0.2) is 63.8 Å². The van der Waals surface area contributed by atoms with Gasteiger partial charge in [-0.3, -0.25) is 4.79 Å². The van der Waals surface area contributed by atoms with E-state index in [1.54, 1.807) is 38.2 Å². The molecule has 0 saturated heterocycles. The lowest BCUT2D eigenvalue weighted by Crippen LogP contribution is -2.29. The molecular formula is C21H20N4O3S2. The smallest absolute Gasteiger partial charge is 0.336 e. The van der Waals surface area contributed by atoms with Crippen molar-refractivity contribution in [3.63, 3.8) is 0 Å². The van der Waals surface area contributed by atoms with Crippen molar-refractivity contribution in [1.29, 1.82) is 5.26 Å². The first kappa shape index (κ1) is 21.6. The van der Waals surface area contributed by atoms with Crippen molar-refractivity contribution < 1.29 is 14.3 Å². The molecule has 0 aliphatic carbocycles. The number of carbonyl (C=O) groups is 2. The number of anilines is 1. The lowest BCUT2D eigenvalue weighted by molar-refractivity contribution is -0.138. The number of pyridine rings is 1. The van der Waals surface area contributed by atoms with Gasteiger partial charge >= 0.3 is 5.97 Å². The zero-order chi connectivity index (χ0) is 21.5. The maximum absolute atomic E-state index is 12.6. The third-order valence-electron chi connectivity index (χ3n) is 4.25.